The lowest BCUT2D eigenvalue weighted by Gasteiger charge is -2.14. The Kier molecular flexibility index (Phi) is 14.4. The molecule has 2 aromatic carbocycles. The second kappa shape index (κ2) is 17.6. The van der Waals surface area contributed by atoms with Gasteiger partial charge in [-0.1, -0.05) is 115 Å². The Labute approximate surface area is 217 Å². The van der Waals surface area contributed by atoms with Crippen LogP contribution in [0, 0.1) is 0 Å². The molecule has 0 aromatic heterocycles. The lowest BCUT2D eigenvalue weighted by atomic mass is 9.95. The number of methoxy groups -OCH3 is 1. The molecular weight excluding hydrogens is 452 g/mol. The summed E-state index contributed by atoms with van der Waals surface area (Å²) in [7, 11) is 1.33. The quantitative estimate of drug-likeness (QED) is 0.126. The van der Waals surface area contributed by atoms with Crippen LogP contribution in [0.1, 0.15) is 113 Å². The van der Waals surface area contributed by atoms with Gasteiger partial charge in [-0.3, -0.25) is 0 Å². The summed E-state index contributed by atoms with van der Waals surface area (Å²) in [5.74, 6) is -0.257. The first-order valence-corrected chi connectivity index (χ1v) is 13.8. The predicted molar refractivity (Wildman–Crippen MR) is 146 cm³/mol. The second-order valence-electron chi connectivity index (χ2n) is 9.58. The number of hydrogen-bond acceptors (Lipinski definition) is 4. The van der Waals surface area contributed by atoms with Gasteiger partial charge in [-0.25, -0.2) is 9.59 Å². The number of rotatable bonds is 18. The van der Waals surface area contributed by atoms with Crippen LogP contribution in [0.15, 0.2) is 42.5 Å². The van der Waals surface area contributed by atoms with Crippen LogP contribution in [0.3, 0.4) is 0 Å². The normalized spacial score (nSPS) is 10.8. The van der Waals surface area contributed by atoms with Gasteiger partial charge in [0.05, 0.1) is 12.7 Å². The monoisotopic (exact) mass is 496 g/mol. The van der Waals surface area contributed by atoms with Gasteiger partial charge in [-0.15, -0.1) is 0 Å². The predicted octanol–water partition coefficient (Wildman–Crippen LogP) is 9.22. The zero-order valence-corrected chi connectivity index (χ0v) is 22.2. The van der Waals surface area contributed by atoms with Crippen molar-refractivity contribution in [2.75, 3.05) is 7.11 Å². The van der Waals surface area contributed by atoms with Crippen LogP contribution in [-0.2, 0) is 11.2 Å². The second-order valence-corrected chi connectivity index (χ2v) is 9.58. The number of carboxylic acid groups (broad SMARTS) is 1. The van der Waals surface area contributed by atoms with E-state index in [1.165, 1.54) is 90.6 Å². The maximum absolute atomic E-state index is 12.3. The molecule has 198 valence electrons. The van der Waals surface area contributed by atoms with E-state index >= 15 is 0 Å². The van der Waals surface area contributed by atoms with E-state index in [-0.39, 0.29) is 5.75 Å². The molecule has 0 spiro atoms. The number of benzene rings is 2. The van der Waals surface area contributed by atoms with E-state index in [0.29, 0.717) is 16.7 Å². The molecule has 0 saturated carbocycles. The van der Waals surface area contributed by atoms with Crippen molar-refractivity contribution >= 4 is 12.1 Å². The summed E-state index contributed by atoms with van der Waals surface area (Å²) in [6.45, 7) is 2.27. The summed E-state index contributed by atoms with van der Waals surface area (Å²) in [4.78, 5) is 23.5. The van der Waals surface area contributed by atoms with Crippen molar-refractivity contribution in [3.63, 3.8) is 0 Å². The summed E-state index contributed by atoms with van der Waals surface area (Å²) in [6.07, 6.45) is 18.0. The third-order valence-electron chi connectivity index (χ3n) is 6.68. The smallest absolute Gasteiger partial charge is 0.465 e. The van der Waals surface area contributed by atoms with E-state index in [0.717, 1.165) is 18.4 Å². The highest BCUT2D eigenvalue weighted by Gasteiger charge is 2.18. The van der Waals surface area contributed by atoms with E-state index in [4.69, 9.17) is 14.6 Å². The van der Waals surface area contributed by atoms with Crippen LogP contribution in [0.2, 0.25) is 0 Å². The van der Waals surface area contributed by atoms with E-state index < -0.39 is 12.1 Å². The van der Waals surface area contributed by atoms with Crippen molar-refractivity contribution in [2.45, 2.75) is 103 Å². The third kappa shape index (κ3) is 10.8. The molecule has 0 aliphatic carbocycles. The molecule has 1 N–H and O–H groups in total. The minimum atomic E-state index is -1.38. The van der Waals surface area contributed by atoms with Gasteiger partial charge in [0.1, 0.15) is 5.75 Å². The van der Waals surface area contributed by atoms with Crippen LogP contribution < -0.4 is 4.74 Å². The highest BCUT2D eigenvalue weighted by Crippen LogP contribution is 2.34. The Bertz CT molecular complexity index is 921. The van der Waals surface area contributed by atoms with Crippen molar-refractivity contribution in [2.24, 2.45) is 0 Å². The molecule has 0 aliphatic rings. The maximum atomic E-state index is 12.3. The van der Waals surface area contributed by atoms with Crippen LogP contribution in [0.4, 0.5) is 4.79 Å². The molecule has 0 amide bonds. The molecule has 0 heterocycles. The zero-order chi connectivity index (χ0) is 26.0. The maximum Gasteiger partial charge on any atom is 0.511 e. The van der Waals surface area contributed by atoms with Crippen LogP contribution in [0.5, 0.6) is 5.75 Å². The van der Waals surface area contributed by atoms with Crippen LogP contribution in [0.25, 0.3) is 11.1 Å². The number of unbranched alkanes of at least 4 members (excludes halogenated alkanes) is 13. The van der Waals surface area contributed by atoms with Gasteiger partial charge in [0.2, 0.25) is 0 Å². The van der Waals surface area contributed by atoms with E-state index in [1.807, 2.05) is 18.2 Å². The van der Waals surface area contributed by atoms with E-state index in [1.54, 1.807) is 24.3 Å². The standard InChI is InChI=1S/C31H44O5/c1-3-4-5-6-7-8-9-10-11-12-13-14-15-16-19-25-22-23-29(36-31(33)34)28(24-25)26-20-17-18-21-27(26)30(32)35-2/h17-18,20-24H,3-16,19H2,1-2H3,(H,33,34). The number of ether oxygens (including phenoxy) is 2. The Hall–Kier alpha value is -2.82. The number of carbonyl (C=O) groups excluding carboxylic acids is 1. The van der Waals surface area contributed by atoms with Gasteiger partial charge < -0.3 is 14.6 Å². The fraction of sp³-hybridized carbons (Fsp3) is 0.548. The average molecular weight is 497 g/mol. The average Bonchev–Trinajstić information content (AvgIpc) is 2.88. The summed E-state index contributed by atoms with van der Waals surface area (Å²) in [5, 5.41) is 9.16. The number of esters is 1. The molecule has 0 aliphatic heterocycles. The Balaban J connectivity index is 1.79. The molecule has 0 radical (unpaired) electrons. The topological polar surface area (TPSA) is 72.8 Å². The molecule has 36 heavy (non-hydrogen) atoms. The lowest BCUT2D eigenvalue weighted by Crippen LogP contribution is -2.07. The summed E-state index contributed by atoms with van der Waals surface area (Å²) < 4.78 is 9.92. The first-order valence-electron chi connectivity index (χ1n) is 13.8. The Morgan fingerprint density at radius 2 is 1.28 bits per heavy atom. The first kappa shape index (κ1) is 29.4. The lowest BCUT2D eigenvalue weighted by molar-refractivity contribution is 0.0601. The van der Waals surface area contributed by atoms with Gasteiger partial charge >= 0.3 is 12.1 Å². The molecular formula is C31H44O5. The first-order chi connectivity index (χ1) is 17.6. The zero-order valence-electron chi connectivity index (χ0n) is 22.2. The highest BCUT2D eigenvalue weighted by atomic mass is 16.7. The van der Waals surface area contributed by atoms with Gasteiger partial charge in [-0.05, 0) is 42.2 Å². The SMILES string of the molecule is CCCCCCCCCCCCCCCCc1ccc(OC(=O)O)c(-c2ccccc2C(=O)OC)c1. The van der Waals surface area contributed by atoms with Crippen molar-refractivity contribution in [3.05, 3.63) is 53.6 Å². The number of carbonyl (C=O) groups is 2. The molecule has 0 unspecified atom stereocenters. The van der Waals surface area contributed by atoms with Crippen molar-refractivity contribution in [1.82, 2.24) is 0 Å². The minimum Gasteiger partial charge on any atom is -0.465 e. The molecule has 2 aromatic rings. The fourth-order valence-corrected chi connectivity index (χ4v) is 4.66. The van der Waals surface area contributed by atoms with E-state index in [9.17, 15) is 9.59 Å². The van der Waals surface area contributed by atoms with Crippen LogP contribution >= 0.6 is 0 Å². The molecule has 0 saturated heterocycles. The number of hydrogen-bond donors (Lipinski definition) is 1. The molecule has 2 rings (SSSR count). The Morgan fingerprint density at radius 3 is 1.83 bits per heavy atom. The van der Waals surface area contributed by atoms with Crippen molar-refractivity contribution in [3.8, 4) is 16.9 Å². The Morgan fingerprint density at radius 1 is 0.722 bits per heavy atom. The number of aryl methyl sites for hydroxylation is 1. The van der Waals surface area contributed by atoms with Gasteiger partial charge in [0, 0.05) is 5.56 Å². The third-order valence-corrected chi connectivity index (χ3v) is 6.68. The molecule has 0 bridgehead atoms. The highest BCUT2D eigenvalue weighted by molar-refractivity contribution is 5.98. The van der Waals surface area contributed by atoms with Crippen molar-refractivity contribution in [1.29, 1.82) is 0 Å². The fourth-order valence-electron chi connectivity index (χ4n) is 4.66. The molecule has 0 atom stereocenters. The molecule has 5 nitrogen and oxygen atoms in total. The minimum absolute atomic E-state index is 0.212. The van der Waals surface area contributed by atoms with Gasteiger partial charge in [0.15, 0.2) is 0 Å². The van der Waals surface area contributed by atoms with Crippen LogP contribution in [-0.4, -0.2) is 24.3 Å². The van der Waals surface area contributed by atoms with Gasteiger partial charge in [0.25, 0.3) is 0 Å². The summed E-state index contributed by atoms with van der Waals surface area (Å²) in [5.41, 5.74) is 2.66. The molecule has 0 fully saturated rings. The summed E-state index contributed by atoms with van der Waals surface area (Å²) >= 11 is 0. The van der Waals surface area contributed by atoms with Gasteiger partial charge in [-0.2, -0.15) is 0 Å². The van der Waals surface area contributed by atoms with E-state index in [2.05, 4.69) is 6.92 Å². The summed E-state index contributed by atoms with van der Waals surface area (Å²) in [6, 6.07) is 12.5. The van der Waals surface area contributed by atoms with Crippen molar-refractivity contribution < 1.29 is 24.2 Å². The molecule has 5 heteroatoms. The largest absolute Gasteiger partial charge is 0.511 e.